The summed E-state index contributed by atoms with van der Waals surface area (Å²) in [4.78, 5) is 34.5. The van der Waals surface area contributed by atoms with Crippen LogP contribution in [0, 0.1) is 15.9 Å². The number of benzene rings is 2. The molecule has 2 aromatic carbocycles. The van der Waals surface area contributed by atoms with Crippen molar-refractivity contribution >= 4 is 17.9 Å². The van der Waals surface area contributed by atoms with Crippen LogP contribution in [0.2, 0.25) is 0 Å². The van der Waals surface area contributed by atoms with E-state index in [0.717, 1.165) is 0 Å². The molecule has 1 aliphatic rings. The Hall–Kier alpha value is -3.49. The number of rotatable bonds is 4. The lowest BCUT2D eigenvalue weighted by atomic mass is 9.83. The number of carbonyl (C=O) groups excluding carboxylic acids is 1. The van der Waals surface area contributed by atoms with E-state index in [1.807, 2.05) is 0 Å². The van der Waals surface area contributed by atoms with Crippen molar-refractivity contribution in [2.75, 3.05) is 6.61 Å². The Labute approximate surface area is 146 Å². The number of amides is 2. The Morgan fingerprint density at radius 2 is 1.85 bits per heavy atom. The number of carbonyl (C=O) groups is 2. The Morgan fingerprint density at radius 3 is 2.38 bits per heavy atom. The lowest BCUT2D eigenvalue weighted by Crippen LogP contribution is -2.49. The summed E-state index contributed by atoms with van der Waals surface area (Å²) in [7, 11) is 0. The molecular formula is C17H13FN2O6. The maximum atomic E-state index is 13.2. The van der Waals surface area contributed by atoms with Gasteiger partial charge in [-0.2, -0.15) is 4.90 Å². The van der Waals surface area contributed by atoms with E-state index in [1.54, 1.807) is 0 Å². The summed E-state index contributed by atoms with van der Waals surface area (Å²) in [5.41, 5.74) is -0.636. The molecule has 3 rings (SSSR count). The molecule has 26 heavy (non-hydrogen) atoms. The second kappa shape index (κ2) is 6.43. The van der Waals surface area contributed by atoms with Gasteiger partial charge >= 0.3 is 12.2 Å². The van der Waals surface area contributed by atoms with Crippen molar-refractivity contribution in [3.8, 4) is 0 Å². The van der Waals surface area contributed by atoms with Crippen LogP contribution in [-0.4, -0.2) is 33.7 Å². The molecule has 1 atom stereocenters. The lowest BCUT2D eigenvalue weighted by Gasteiger charge is -2.33. The average Bonchev–Trinajstić information content (AvgIpc) is 2.94. The molecule has 1 heterocycles. The van der Waals surface area contributed by atoms with Gasteiger partial charge in [0.1, 0.15) is 18.0 Å². The molecule has 2 amide bonds. The maximum absolute atomic E-state index is 13.2. The van der Waals surface area contributed by atoms with Crippen LogP contribution in [0.15, 0.2) is 48.5 Å². The fourth-order valence-electron chi connectivity index (χ4n) is 3.02. The smallest absolute Gasteiger partial charge is 0.420 e. The molecule has 134 valence electrons. The predicted molar refractivity (Wildman–Crippen MR) is 86.1 cm³/mol. The molecule has 9 heteroatoms. The third kappa shape index (κ3) is 2.94. The van der Waals surface area contributed by atoms with E-state index in [2.05, 4.69) is 0 Å². The van der Waals surface area contributed by atoms with Gasteiger partial charge in [0, 0.05) is 18.6 Å². The first-order valence-electron chi connectivity index (χ1n) is 7.53. The van der Waals surface area contributed by atoms with Crippen molar-refractivity contribution in [2.24, 2.45) is 0 Å². The predicted octanol–water partition coefficient (Wildman–Crippen LogP) is 3.30. The van der Waals surface area contributed by atoms with Crippen LogP contribution in [0.5, 0.6) is 0 Å². The fraction of sp³-hybridized carbons (Fsp3) is 0.176. The number of ether oxygens (including phenoxy) is 1. The molecule has 0 bridgehead atoms. The summed E-state index contributed by atoms with van der Waals surface area (Å²) in [5.74, 6) is -0.452. The quantitative estimate of drug-likeness (QED) is 0.662. The highest BCUT2D eigenvalue weighted by Crippen LogP contribution is 2.38. The summed E-state index contributed by atoms with van der Waals surface area (Å²) in [5, 5.41) is 20.4. The SMILES string of the molecule is O=C(O)N1C(=O)OCC1(Cc1ccc(F)cc1)c1ccc([N+](=O)[O-])cc1. The number of non-ortho nitro benzene ring substituents is 1. The zero-order valence-corrected chi connectivity index (χ0v) is 13.3. The molecular weight excluding hydrogens is 347 g/mol. The number of nitrogens with zero attached hydrogens (tertiary/aromatic N) is 2. The van der Waals surface area contributed by atoms with E-state index in [4.69, 9.17) is 4.74 Å². The van der Waals surface area contributed by atoms with Gasteiger partial charge in [-0.05, 0) is 35.4 Å². The Balaban J connectivity index is 2.09. The minimum atomic E-state index is -1.51. The number of imide groups is 1. The van der Waals surface area contributed by atoms with Gasteiger partial charge in [-0.15, -0.1) is 0 Å². The molecule has 2 aromatic rings. The lowest BCUT2D eigenvalue weighted by molar-refractivity contribution is -0.384. The van der Waals surface area contributed by atoms with Gasteiger partial charge in [-0.1, -0.05) is 12.1 Å². The largest absolute Gasteiger partial charge is 0.464 e. The summed E-state index contributed by atoms with van der Waals surface area (Å²) in [6.45, 7) is -0.257. The summed E-state index contributed by atoms with van der Waals surface area (Å²) >= 11 is 0. The van der Waals surface area contributed by atoms with Gasteiger partial charge in [-0.3, -0.25) is 10.1 Å². The van der Waals surface area contributed by atoms with Crippen molar-refractivity contribution < 1.29 is 28.7 Å². The van der Waals surface area contributed by atoms with Crippen molar-refractivity contribution in [2.45, 2.75) is 12.0 Å². The Bertz CT molecular complexity index is 868. The average molecular weight is 360 g/mol. The van der Waals surface area contributed by atoms with Crippen LogP contribution in [0.1, 0.15) is 11.1 Å². The number of hydrogen-bond acceptors (Lipinski definition) is 5. The van der Waals surface area contributed by atoms with Gasteiger partial charge in [0.15, 0.2) is 0 Å². The molecule has 0 aromatic heterocycles. The van der Waals surface area contributed by atoms with Crippen LogP contribution < -0.4 is 0 Å². The van der Waals surface area contributed by atoms with E-state index >= 15 is 0 Å². The summed E-state index contributed by atoms with van der Waals surface area (Å²) in [6, 6.07) is 10.6. The first-order chi connectivity index (χ1) is 12.3. The first kappa shape index (κ1) is 17.3. The van der Waals surface area contributed by atoms with Crippen LogP contribution >= 0.6 is 0 Å². The summed E-state index contributed by atoms with van der Waals surface area (Å²) < 4.78 is 18.1. The Kier molecular flexibility index (Phi) is 4.29. The van der Waals surface area contributed by atoms with E-state index in [0.29, 0.717) is 16.0 Å². The zero-order valence-electron chi connectivity index (χ0n) is 13.3. The third-order valence-electron chi connectivity index (χ3n) is 4.26. The fourth-order valence-corrected chi connectivity index (χ4v) is 3.02. The number of hydrogen-bond donors (Lipinski definition) is 1. The van der Waals surface area contributed by atoms with Crippen molar-refractivity contribution in [1.29, 1.82) is 0 Å². The van der Waals surface area contributed by atoms with Gasteiger partial charge in [-0.25, -0.2) is 14.0 Å². The number of cyclic esters (lactones) is 1. The molecule has 0 radical (unpaired) electrons. The highest BCUT2D eigenvalue weighted by molar-refractivity contribution is 5.90. The zero-order chi connectivity index (χ0) is 18.9. The normalized spacial score (nSPS) is 19.3. The molecule has 1 aliphatic heterocycles. The molecule has 0 spiro atoms. The van der Waals surface area contributed by atoms with Gasteiger partial charge in [0.2, 0.25) is 0 Å². The molecule has 1 N–H and O–H groups in total. The second-order valence-electron chi connectivity index (χ2n) is 5.81. The highest BCUT2D eigenvalue weighted by Gasteiger charge is 2.52. The van der Waals surface area contributed by atoms with Crippen LogP contribution in [0.3, 0.4) is 0 Å². The third-order valence-corrected chi connectivity index (χ3v) is 4.26. The van der Waals surface area contributed by atoms with Crippen LogP contribution in [-0.2, 0) is 16.7 Å². The van der Waals surface area contributed by atoms with Gasteiger partial charge < -0.3 is 9.84 Å². The van der Waals surface area contributed by atoms with Crippen molar-refractivity contribution in [3.05, 3.63) is 75.6 Å². The van der Waals surface area contributed by atoms with Crippen molar-refractivity contribution in [1.82, 2.24) is 4.90 Å². The van der Waals surface area contributed by atoms with E-state index < -0.39 is 28.5 Å². The minimum absolute atomic E-state index is 0.0309. The molecule has 1 unspecified atom stereocenters. The van der Waals surface area contributed by atoms with E-state index in [-0.39, 0.29) is 18.7 Å². The minimum Gasteiger partial charge on any atom is -0.464 e. The molecule has 0 aliphatic carbocycles. The van der Waals surface area contributed by atoms with Crippen LogP contribution in [0.4, 0.5) is 19.7 Å². The molecule has 1 saturated heterocycles. The number of carboxylic acid groups (broad SMARTS) is 1. The van der Waals surface area contributed by atoms with Crippen LogP contribution in [0.25, 0.3) is 0 Å². The summed E-state index contributed by atoms with van der Waals surface area (Å²) in [6.07, 6.45) is -2.51. The number of nitro benzene ring substituents is 1. The van der Waals surface area contributed by atoms with Crippen molar-refractivity contribution in [3.63, 3.8) is 0 Å². The molecule has 8 nitrogen and oxygen atoms in total. The van der Waals surface area contributed by atoms with E-state index in [9.17, 15) is 29.2 Å². The second-order valence-corrected chi connectivity index (χ2v) is 5.81. The Morgan fingerprint density at radius 1 is 1.23 bits per heavy atom. The number of halogens is 1. The topological polar surface area (TPSA) is 110 Å². The maximum Gasteiger partial charge on any atom is 0.420 e. The molecule has 0 saturated carbocycles. The van der Waals surface area contributed by atoms with Gasteiger partial charge in [0.25, 0.3) is 5.69 Å². The van der Waals surface area contributed by atoms with Gasteiger partial charge in [0.05, 0.1) is 4.92 Å². The monoisotopic (exact) mass is 360 g/mol. The number of nitro groups is 1. The standard InChI is InChI=1S/C17H13FN2O6/c18-13-5-1-11(2-6-13)9-17(10-26-16(23)19(17)15(21)22)12-3-7-14(8-4-12)20(24)25/h1-8H,9-10H2,(H,21,22). The highest BCUT2D eigenvalue weighted by atomic mass is 19.1. The molecule has 1 fully saturated rings. The first-order valence-corrected chi connectivity index (χ1v) is 7.53. The van der Waals surface area contributed by atoms with E-state index in [1.165, 1.54) is 48.5 Å².